The fourth-order valence-corrected chi connectivity index (χ4v) is 2.01. The summed E-state index contributed by atoms with van der Waals surface area (Å²) in [6.07, 6.45) is 3.98. The Morgan fingerprint density at radius 1 is 1.27 bits per heavy atom. The van der Waals surface area contributed by atoms with E-state index in [0.29, 0.717) is 12.0 Å². The van der Waals surface area contributed by atoms with Crippen molar-refractivity contribution in [2.45, 2.75) is 13.3 Å². The van der Waals surface area contributed by atoms with E-state index >= 15 is 0 Å². The van der Waals surface area contributed by atoms with E-state index in [1.807, 2.05) is 12.1 Å². The lowest BCUT2D eigenvalue weighted by Gasteiger charge is -2.05. The average molecular weight is 294 g/mol. The van der Waals surface area contributed by atoms with Gasteiger partial charge in [-0.3, -0.25) is 9.79 Å². The predicted octanol–water partition coefficient (Wildman–Crippen LogP) is 3.83. The van der Waals surface area contributed by atoms with E-state index in [0.717, 1.165) is 16.9 Å². The Labute approximate surface area is 129 Å². The highest BCUT2D eigenvalue weighted by Gasteiger charge is 2.03. The van der Waals surface area contributed by atoms with E-state index in [2.05, 4.69) is 16.9 Å². The van der Waals surface area contributed by atoms with Crippen LogP contribution in [0.4, 0.5) is 11.4 Å². The summed E-state index contributed by atoms with van der Waals surface area (Å²) >= 11 is 0. The zero-order valence-electron chi connectivity index (χ0n) is 12.4. The van der Waals surface area contributed by atoms with Gasteiger partial charge in [0, 0.05) is 24.4 Å². The summed E-state index contributed by atoms with van der Waals surface area (Å²) in [6, 6.07) is 12.7. The average Bonchev–Trinajstić information content (AvgIpc) is 2.49. The highest BCUT2D eigenvalue weighted by molar-refractivity contribution is 5.89. The zero-order valence-corrected chi connectivity index (χ0v) is 12.4. The second-order valence-electron chi connectivity index (χ2n) is 4.83. The van der Waals surface area contributed by atoms with Crippen LogP contribution in [0, 0.1) is 0 Å². The lowest BCUT2D eigenvalue weighted by molar-refractivity contribution is -0.114. The molecule has 4 heteroatoms. The number of carbonyl (C=O) groups is 1. The Kier molecular flexibility index (Phi) is 5.09. The molecule has 0 radical (unpaired) electrons. The minimum absolute atomic E-state index is 0.111. The predicted molar refractivity (Wildman–Crippen MR) is 90.0 cm³/mol. The van der Waals surface area contributed by atoms with Gasteiger partial charge in [0.2, 0.25) is 5.91 Å². The van der Waals surface area contributed by atoms with Gasteiger partial charge in [-0.25, -0.2) is 0 Å². The number of benzene rings is 2. The van der Waals surface area contributed by atoms with Crippen LogP contribution in [0.5, 0.6) is 5.75 Å². The van der Waals surface area contributed by atoms with Gasteiger partial charge in [0.25, 0.3) is 0 Å². The van der Waals surface area contributed by atoms with Gasteiger partial charge in [-0.05, 0) is 42.3 Å². The number of hydrogen-bond donors (Lipinski definition) is 2. The number of carbonyl (C=O) groups excluding carboxylic acids is 1. The van der Waals surface area contributed by atoms with E-state index in [4.69, 9.17) is 0 Å². The minimum Gasteiger partial charge on any atom is -0.507 e. The Morgan fingerprint density at radius 2 is 2.00 bits per heavy atom. The van der Waals surface area contributed by atoms with Crippen LogP contribution in [0.1, 0.15) is 18.1 Å². The van der Waals surface area contributed by atoms with Gasteiger partial charge in [0.1, 0.15) is 5.75 Å². The van der Waals surface area contributed by atoms with Crippen molar-refractivity contribution in [1.82, 2.24) is 0 Å². The maximum Gasteiger partial charge on any atom is 0.221 e. The van der Waals surface area contributed by atoms with Crippen LogP contribution < -0.4 is 5.32 Å². The van der Waals surface area contributed by atoms with Gasteiger partial charge in [-0.2, -0.15) is 0 Å². The Hall–Kier alpha value is -2.88. The number of phenolic OH excluding ortho intramolecular Hbond substituents is 1. The molecule has 0 aliphatic carbocycles. The number of nitrogens with zero attached hydrogens (tertiary/aromatic N) is 1. The van der Waals surface area contributed by atoms with E-state index in [1.54, 1.807) is 42.6 Å². The molecule has 2 rings (SSSR count). The molecule has 0 aliphatic rings. The molecule has 0 saturated heterocycles. The molecule has 1 amide bonds. The van der Waals surface area contributed by atoms with Crippen LogP contribution in [0.15, 0.2) is 60.1 Å². The fraction of sp³-hybridized carbons (Fsp3) is 0.111. The summed E-state index contributed by atoms with van der Waals surface area (Å²) in [5.74, 6) is 0.112. The normalized spacial score (nSPS) is 10.6. The van der Waals surface area contributed by atoms with E-state index in [-0.39, 0.29) is 11.7 Å². The summed E-state index contributed by atoms with van der Waals surface area (Å²) in [7, 11) is 0. The van der Waals surface area contributed by atoms with Crippen LogP contribution >= 0.6 is 0 Å². The van der Waals surface area contributed by atoms with Crippen LogP contribution in [-0.2, 0) is 11.2 Å². The number of allylic oxidation sites excluding steroid dienone is 1. The second-order valence-corrected chi connectivity index (χ2v) is 4.83. The topological polar surface area (TPSA) is 61.7 Å². The summed E-state index contributed by atoms with van der Waals surface area (Å²) in [5.41, 5.74) is 2.94. The first-order valence-electron chi connectivity index (χ1n) is 6.93. The molecule has 0 spiro atoms. The third-order valence-corrected chi connectivity index (χ3v) is 3.06. The standard InChI is InChI=1S/C18H18N2O2/c1-3-5-14-6-4-7-15(18(14)22)12-19-16-8-10-17(11-9-16)20-13(2)21/h3-4,6-12,22H,1,5H2,2H3,(H,20,21). The fourth-order valence-electron chi connectivity index (χ4n) is 2.01. The largest absolute Gasteiger partial charge is 0.507 e. The minimum atomic E-state index is -0.111. The van der Waals surface area contributed by atoms with Crippen molar-refractivity contribution in [2.75, 3.05) is 5.32 Å². The summed E-state index contributed by atoms with van der Waals surface area (Å²) in [4.78, 5) is 15.3. The van der Waals surface area contributed by atoms with Crippen molar-refractivity contribution >= 4 is 23.5 Å². The molecular weight excluding hydrogens is 276 g/mol. The van der Waals surface area contributed by atoms with Gasteiger partial charge in [0.05, 0.1) is 5.69 Å². The number of aliphatic imine (C=N–C) groups is 1. The molecule has 2 N–H and O–H groups in total. The monoisotopic (exact) mass is 294 g/mol. The molecule has 0 aliphatic heterocycles. The zero-order chi connectivity index (χ0) is 15.9. The third-order valence-electron chi connectivity index (χ3n) is 3.06. The van der Waals surface area contributed by atoms with Crippen LogP contribution in [0.25, 0.3) is 0 Å². The number of phenols is 1. The van der Waals surface area contributed by atoms with Crippen molar-refractivity contribution in [3.63, 3.8) is 0 Å². The first-order chi connectivity index (χ1) is 10.6. The molecule has 0 heterocycles. The van der Waals surface area contributed by atoms with Gasteiger partial charge in [0.15, 0.2) is 0 Å². The molecule has 0 aromatic heterocycles. The molecular formula is C18H18N2O2. The molecule has 2 aromatic rings. The number of hydrogen-bond acceptors (Lipinski definition) is 3. The number of anilines is 1. The Balaban J connectivity index is 2.16. The Morgan fingerprint density at radius 3 is 2.64 bits per heavy atom. The molecule has 0 saturated carbocycles. The molecule has 0 fully saturated rings. The summed E-state index contributed by atoms with van der Waals surface area (Å²) in [5, 5.41) is 12.9. The Bertz CT molecular complexity index is 704. The molecule has 22 heavy (non-hydrogen) atoms. The molecule has 2 aromatic carbocycles. The third kappa shape index (κ3) is 4.06. The maximum absolute atomic E-state index is 11.0. The van der Waals surface area contributed by atoms with Crippen molar-refractivity contribution in [3.8, 4) is 5.75 Å². The SMILES string of the molecule is C=CCc1cccc(C=Nc2ccc(NC(C)=O)cc2)c1O. The van der Waals surface area contributed by atoms with Gasteiger partial charge >= 0.3 is 0 Å². The van der Waals surface area contributed by atoms with E-state index in [1.165, 1.54) is 6.92 Å². The highest BCUT2D eigenvalue weighted by atomic mass is 16.3. The first kappa shape index (κ1) is 15.5. The molecule has 4 nitrogen and oxygen atoms in total. The second kappa shape index (κ2) is 7.22. The summed E-state index contributed by atoms with van der Waals surface area (Å²) < 4.78 is 0. The lowest BCUT2D eigenvalue weighted by atomic mass is 10.1. The van der Waals surface area contributed by atoms with E-state index < -0.39 is 0 Å². The van der Waals surface area contributed by atoms with Crippen molar-refractivity contribution in [1.29, 1.82) is 0 Å². The maximum atomic E-state index is 11.0. The quantitative estimate of drug-likeness (QED) is 0.650. The number of para-hydroxylation sites is 1. The first-order valence-corrected chi connectivity index (χ1v) is 6.93. The van der Waals surface area contributed by atoms with Crippen LogP contribution in [0.3, 0.4) is 0 Å². The van der Waals surface area contributed by atoms with Crippen molar-refractivity contribution < 1.29 is 9.90 Å². The van der Waals surface area contributed by atoms with Crippen LogP contribution in [-0.4, -0.2) is 17.2 Å². The van der Waals surface area contributed by atoms with Crippen LogP contribution in [0.2, 0.25) is 0 Å². The smallest absolute Gasteiger partial charge is 0.221 e. The van der Waals surface area contributed by atoms with Crippen molar-refractivity contribution in [2.24, 2.45) is 4.99 Å². The molecule has 0 atom stereocenters. The molecule has 0 unspecified atom stereocenters. The van der Waals surface area contributed by atoms with Gasteiger partial charge in [-0.15, -0.1) is 6.58 Å². The highest BCUT2D eigenvalue weighted by Crippen LogP contribution is 2.23. The van der Waals surface area contributed by atoms with Crippen molar-refractivity contribution in [3.05, 3.63) is 66.2 Å². The van der Waals surface area contributed by atoms with Gasteiger partial charge in [-0.1, -0.05) is 18.2 Å². The molecule has 112 valence electrons. The number of rotatable bonds is 5. The molecule has 0 bridgehead atoms. The van der Waals surface area contributed by atoms with E-state index in [9.17, 15) is 9.90 Å². The number of amides is 1. The van der Waals surface area contributed by atoms with Gasteiger partial charge < -0.3 is 10.4 Å². The lowest BCUT2D eigenvalue weighted by Crippen LogP contribution is -2.04. The number of aromatic hydroxyl groups is 1. The summed E-state index contributed by atoms with van der Waals surface area (Å²) in [6.45, 7) is 5.14. The number of nitrogens with one attached hydrogen (secondary N) is 1.